The molecule has 3 nitrogen and oxygen atoms in total. The van der Waals surface area contributed by atoms with Gasteiger partial charge in [0, 0.05) is 44.0 Å². The number of pyridine rings is 1. The molecule has 0 radical (unpaired) electrons. The quantitative estimate of drug-likeness (QED) is 0.174. The van der Waals surface area contributed by atoms with E-state index in [1.54, 1.807) is 0 Å². The van der Waals surface area contributed by atoms with Crippen molar-refractivity contribution in [3.63, 3.8) is 0 Å². The number of benzene rings is 7. The smallest absolute Gasteiger partial charge is 0.160 e. The monoisotopic (exact) mass is 783 g/mol. The third kappa shape index (κ3) is 5.48. The van der Waals surface area contributed by atoms with E-state index in [1.165, 1.54) is 54.3 Å². The Morgan fingerprint density at radius 3 is 1.88 bits per heavy atom. The maximum absolute atomic E-state index is 5.36. The number of nitrogens with zero attached hydrogens (tertiary/aromatic N) is 3. The minimum atomic E-state index is -0.563. The zero-order valence-corrected chi connectivity index (χ0v) is 33.5. The fourth-order valence-electron chi connectivity index (χ4n) is 9.80. The van der Waals surface area contributed by atoms with Crippen LogP contribution in [0.2, 0.25) is 0 Å². The lowest BCUT2D eigenvalue weighted by Crippen LogP contribution is -2.32. The molecule has 1 unspecified atom stereocenters. The topological polar surface area (TPSA) is 38.7 Å². The highest BCUT2D eigenvalue weighted by Gasteiger charge is 2.50. The molecule has 1 atom stereocenters. The van der Waals surface area contributed by atoms with Crippen LogP contribution in [0.3, 0.4) is 0 Å². The Bertz CT molecular complexity index is 3170. The van der Waals surface area contributed by atoms with Crippen LogP contribution in [0.5, 0.6) is 0 Å². The van der Waals surface area contributed by atoms with Gasteiger partial charge in [-0.1, -0.05) is 176 Å². The summed E-state index contributed by atoms with van der Waals surface area (Å²) in [7, 11) is 0. The predicted octanol–water partition coefficient (Wildman–Crippen LogP) is 14.0. The lowest BCUT2D eigenvalue weighted by Gasteiger charge is -2.40. The average molecular weight is 784 g/mol. The minimum Gasteiger partial charge on any atom is -0.256 e. The van der Waals surface area contributed by atoms with E-state index in [1.807, 2.05) is 30.1 Å². The van der Waals surface area contributed by atoms with E-state index in [0.29, 0.717) is 0 Å². The fraction of sp³-hybridized carbons (Fsp3) is 0.0536. The molecule has 60 heavy (non-hydrogen) atoms. The Hall–Kier alpha value is -7.14. The van der Waals surface area contributed by atoms with E-state index in [2.05, 4.69) is 188 Å². The molecule has 0 saturated carbocycles. The van der Waals surface area contributed by atoms with Crippen molar-refractivity contribution in [3.8, 4) is 44.9 Å². The largest absolute Gasteiger partial charge is 0.256 e. The Balaban J connectivity index is 1.08. The molecule has 0 fully saturated rings. The first-order valence-corrected chi connectivity index (χ1v) is 21.4. The van der Waals surface area contributed by atoms with E-state index < -0.39 is 5.41 Å². The summed E-state index contributed by atoms with van der Waals surface area (Å²) < 4.78 is 0. The normalized spacial score (nSPS) is 15.5. The Kier molecular flexibility index (Phi) is 8.14. The number of allylic oxidation sites excluding steroid dienone is 4. The van der Waals surface area contributed by atoms with Crippen molar-refractivity contribution in [1.82, 2.24) is 15.0 Å². The van der Waals surface area contributed by atoms with Crippen LogP contribution in [0.15, 0.2) is 216 Å². The van der Waals surface area contributed by atoms with Gasteiger partial charge in [0.2, 0.25) is 0 Å². The first-order valence-electron chi connectivity index (χ1n) is 20.6. The van der Waals surface area contributed by atoms with E-state index in [0.717, 1.165) is 56.8 Å². The Labute approximate surface area is 353 Å². The number of aromatic nitrogens is 3. The summed E-state index contributed by atoms with van der Waals surface area (Å²) in [6.07, 6.45) is 9.68. The molecule has 2 aromatic heterocycles. The zero-order valence-electron chi connectivity index (χ0n) is 32.7. The molecule has 4 heteroatoms. The lowest BCUT2D eigenvalue weighted by molar-refractivity contribution is 0.723. The third-order valence-electron chi connectivity index (χ3n) is 12.5. The maximum Gasteiger partial charge on any atom is 0.160 e. The van der Waals surface area contributed by atoms with Crippen molar-refractivity contribution in [2.75, 3.05) is 0 Å². The average Bonchev–Trinajstić information content (AvgIpc) is 3.62. The van der Waals surface area contributed by atoms with Gasteiger partial charge in [-0.2, -0.15) is 0 Å². The van der Waals surface area contributed by atoms with Gasteiger partial charge in [-0.25, -0.2) is 9.97 Å². The van der Waals surface area contributed by atoms with Gasteiger partial charge in [-0.3, -0.25) is 4.98 Å². The summed E-state index contributed by atoms with van der Waals surface area (Å²) in [6, 6.07) is 66.1. The highest BCUT2D eigenvalue weighted by Crippen LogP contribution is 2.63. The lowest BCUT2D eigenvalue weighted by atomic mass is 9.66. The maximum atomic E-state index is 5.36. The van der Waals surface area contributed by atoms with Crippen molar-refractivity contribution in [2.45, 2.75) is 27.5 Å². The molecule has 2 aliphatic carbocycles. The van der Waals surface area contributed by atoms with Crippen LogP contribution in [0.25, 0.3) is 61.4 Å². The van der Waals surface area contributed by atoms with Gasteiger partial charge in [0.1, 0.15) is 0 Å². The van der Waals surface area contributed by atoms with E-state index >= 15 is 0 Å². The van der Waals surface area contributed by atoms with Crippen LogP contribution in [0, 0.1) is 0 Å². The minimum absolute atomic E-state index is 0.108. The molecule has 3 aliphatic rings. The summed E-state index contributed by atoms with van der Waals surface area (Å²) in [5.74, 6) is 0.848. The van der Waals surface area contributed by atoms with Crippen LogP contribution in [-0.4, -0.2) is 15.0 Å². The second kappa shape index (κ2) is 14.0. The second-order valence-electron chi connectivity index (χ2n) is 15.8. The molecule has 12 rings (SSSR count). The van der Waals surface area contributed by atoms with Crippen LogP contribution in [0.4, 0.5) is 0 Å². The molecule has 3 heterocycles. The molecule has 1 aliphatic heterocycles. The standard InChI is InChI=1S/C56H37N3S/c1-3-14-36(15-4-1)39-19-11-20-41(32-39)50-35-51(59-55(58-50)38-16-5-2-6-17-38)42-28-30-53-49(34-42)56(46-25-9-7-22-44(46)45-23-8-10-26-47(45)56)48-33-40(27-29-52(48)60-53)43-24-12-18-37-21-13-31-57-54(37)43/h1-19,21-35,41H,20H2. The van der Waals surface area contributed by atoms with Crippen LogP contribution in [0.1, 0.15) is 45.8 Å². The van der Waals surface area contributed by atoms with E-state index in [4.69, 9.17) is 15.0 Å². The fourth-order valence-corrected chi connectivity index (χ4v) is 11.0. The molecule has 9 aromatic rings. The van der Waals surface area contributed by atoms with Crippen LogP contribution in [-0.2, 0) is 5.41 Å². The van der Waals surface area contributed by atoms with Crippen molar-refractivity contribution < 1.29 is 0 Å². The van der Waals surface area contributed by atoms with Gasteiger partial charge in [-0.05, 0) is 92.9 Å². The molecule has 1 spiro atoms. The highest BCUT2D eigenvalue weighted by atomic mass is 32.2. The molecular formula is C56H37N3S. The molecule has 0 amide bonds. The number of hydrogen-bond acceptors (Lipinski definition) is 4. The van der Waals surface area contributed by atoms with Crippen molar-refractivity contribution in [3.05, 3.63) is 240 Å². The summed E-state index contributed by atoms with van der Waals surface area (Å²) in [4.78, 5) is 18.0. The first kappa shape index (κ1) is 34.9. The summed E-state index contributed by atoms with van der Waals surface area (Å²) in [5.41, 5.74) is 17.0. The molecule has 7 aromatic carbocycles. The second-order valence-corrected chi connectivity index (χ2v) is 16.9. The van der Waals surface area contributed by atoms with Crippen molar-refractivity contribution >= 4 is 28.2 Å². The number of fused-ring (bicyclic) bond motifs is 10. The molecule has 282 valence electrons. The van der Waals surface area contributed by atoms with Gasteiger partial charge >= 0.3 is 0 Å². The molecule has 0 bridgehead atoms. The van der Waals surface area contributed by atoms with Crippen LogP contribution < -0.4 is 0 Å². The summed E-state index contributed by atoms with van der Waals surface area (Å²) in [6.45, 7) is 0. The Morgan fingerprint density at radius 2 is 1.13 bits per heavy atom. The first-order chi connectivity index (χ1) is 29.7. The van der Waals surface area contributed by atoms with Gasteiger partial charge in [-0.15, -0.1) is 0 Å². The number of rotatable bonds is 5. The molecule has 0 N–H and O–H groups in total. The molecule has 0 saturated heterocycles. The van der Waals surface area contributed by atoms with Gasteiger partial charge < -0.3 is 0 Å². The summed E-state index contributed by atoms with van der Waals surface area (Å²) in [5, 5.41) is 1.14. The highest BCUT2D eigenvalue weighted by molar-refractivity contribution is 7.99. The zero-order chi connectivity index (χ0) is 39.6. The van der Waals surface area contributed by atoms with E-state index in [9.17, 15) is 0 Å². The Morgan fingerprint density at radius 1 is 0.500 bits per heavy atom. The predicted molar refractivity (Wildman–Crippen MR) is 246 cm³/mol. The van der Waals surface area contributed by atoms with Gasteiger partial charge in [0.25, 0.3) is 0 Å². The molecular weight excluding hydrogens is 747 g/mol. The third-order valence-corrected chi connectivity index (χ3v) is 13.7. The van der Waals surface area contributed by atoms with Crippen molar-refractivity contribution in [1.29, 1.82) is 0 Å². The van der Waals surface area contributed by atoms with Crippen molar-refractivity contribution in [2.24, 2.45) is 0 Å². The van der Waals surface area contributed by atoms with E-state index in [-0.39, 0.29) is 5.92 Å². The summed E-state index contributed by atoms with van der Waals surface area (Å²) >= 11 is 1.86. The number of para-hydroxylation sites is 1. The SMILES string of the molecule is C1=CC(c2ccccc2)=CC(c2cc(-c3ccc4c(c3)C3(c5cc(-c6cccc7cccnc67)ccc5S4)c4ccccc4-c4ccccc43)nc(-c3ccccc3)n2)C1. The number of hydrogen-bond donors (Lipinski definition) is 0. The van der Waals surface area contributed by atoms with Crippen LogP contribution >= 0.6 is 11.8 Å². The van der Waals surface area contributed by atoms with Gasteiger partial charge in [0.15, 0.2) is 5.82 Å². The van der Waals surface area contributed by atoms with Gasteiger partial charge in [0.05, 0.1) is 22.3 Å².